The van der Waals surface area contributed by atoms with Gasteiger partial charge in [-0.3, -0.25) is 14.5 Å². The lowest BCUT2D eigenvalue weighted by molar-refractivity contribution is 0.0368. The molecule has 0 unspecified atom stereocenters. The van der Waals surface area contributed by atoms with Gasteiger partial charge in [0.2, 0.25) is 10.0 Å². The highest BCUT2D eigenvalue weighted by Gasteiger charge is 2.30. The Morgan fingerprint density at radius 2 is 1.70 bits per heavy atom. The zero-order valence-corrected chi connectivity index (χ0v) is 26.5. The highest BCUT2D eigenvalue weighted by molar-refractivity contribution is 7.88. The van der Waals surface area contributed by atoms with Gasteiger partial charge in [0.25, 0.3) is 0 Å². The molecule has 10 heteroatoms. The molecule has 0 spiro atoms. The van der Waals surface area contributed by atoms with Crippen molar-refractivity contribution in [1.82, 2.24) is 23.9 Å². The van der Waals surface area contributed by atoms with Crippen molar-refractivity contribution >= 4 is 21.6 Å². The van der Waals surface area contributed by atoms with Crippen LogP contribution in [-0.4, -0.2) is 91.0 Å². The molecule has 0 radical (unpaired) electrons. The highest BCUT2D eigenvalue weighted by Crippen LogP contribution is 2.33. The van der Waals surface area contributed by atoms with Crippen LogP contribution >= 0.6 is 11.6 Å². The third-order valence-electron chi connectivity index (χ3n) is 8.66. The number of hydrogen-bond donors (Lipinski definition) is 0. The fraction of sp³-hybridized carbons (Fsp3) is 0.485. The topological polar surface area (TPSA) is 70.9 Å². The number of sulfonamides is 1. The van der Waals surface area contributed by atoms with Crippen LogP contribution in [0.4, 0.5) is 0 Å². The minimum Gasteiger partial charge on any atom is -0.379 e. The second kappa shape index (κ2) is 13.5. The number of aromatic nitrogens is 2. The van der Waals surface area contributed by atoms with Gasteiger partial charge >= 0.3 is 0 Å². The molecule has 4 heterocycles. The lowest BCUT2D eigenvalue weighted by Crippen LogP contribution is -2.37. The maximum atomic E-state index is 12.5. The van der Waals surface area contributed by atoms with Gasteiger partial charge in [-0.2, -0.15) is 9.40 Å². The normalized spacial score (nSPS) is 18.4. The molecule has 0 atom stereocenters. The summed E-state index contributed by atoms with van der Waals surface area (Å²) in [5, 5.41) is 5.64. The van der Waals surface area contributed by atoms with E-state index in [1.54, 1.807) is 4.31 Å². The van der Waals surface area contributed by atoms with Crippen molar-refractivity contribution < 1.29 is 13.2 Å². The van der Waals surface area contributed by atoms with Crippen molar-refractivity contribution in [2.45, 2.75) is 45.3 Å². The van der Waals surface area contributed by atoms with Gasteiger partial charge in [0.1, 0.15) is 0 Å². The lowest BCUT2D eigenvalue weighted by atomic mass is 10.0. The van der Waals surface area contributed by atoms with Gasteiger partial charge in [0.05, 0.1) is 30.2 Å². The van der Waals surface area contributed by atoms with E-state index in [-0.39, 0.29) is 0 Å². The Morgan fingerprint density at radius 3 is 2.44 bits per heavy atom. The molecule has 3 aliphatic heterocycles. The largest absolute Gasteiger partial charge is 0.379 e. The molecular weight excluding hydrogens is 582 g/mol. The first-order valence-electron chi connectivity index (χ1n) is 15.3. The number of fused-ring (bicyclic) bond motifs is 1. The van der Waals surface area contributed by atoms with Gasteiger partial charge in [0, 0.05) is 80.2 Å². The quantitative estimate of drug-likeness (QED) is 0.351. The zero-order chi connectivity index (χ0) is 29.8. The number of hydrogen-bond acceptors (Lipinski definition) is 6. The number of morpholine rings is 1. The molecule has 3 aliphatic rings. The molecular formula is C33H40ClN5O3S. The molecule has 3 aromatic rings. The number of aryl methyl sites for hydroxylation is 1. The van der Waals surface area contributed by atoms with E-state index < -0.39 is 10.0 Å². The van der Waals surface area contributed by atoms with Gasteiger partial charge in [-0.05, 0) is 62.2 Å². The van der Waals surface area contributed by atoms with E-state index in [1.165, 1.54) is 37.8 Å². The van der Waals surface area contributed by atoms with Crippen molar-refractivity contribution in [2.24, 2.45) is 0 Å². The van der Waals surface area contributed by atoms with Crippen LogP contribution in [-0.2, 0) is 40.8 Å². The van der Waals surface area contributed by atoms with Crippen LogP contribution in [0.2, 0.25) is 5.02 Å². The van der Waals surface area contributed by atoms with Crippen molar-refractivity contribution in [3.8, 4) is 23.1 Å². The summed E-state index contributed by atoms with van der Waals surface area (Å²) >= 11 is 6.61. The first-order chi connectivity index (χ1) is 20.8. The van der Waals surface area contributed by atoms with E-state index in [1.807, 2.05) is 18.2 Å². The second-order valence-electron chi connectivity index (χ2n) is 11.8. The smallest absolute Gasteiger partial charge is 0.211 e. The van der Waals surface area contributed by atoms with Gasteiger partial charge in [-0.25, -0.2) is 8.42 Å². The molecule has 0 amide bonds. The number of rotatable bonds is 8. The summed E-state index contributed by atoms with van der Waals surface area (Å²) in [5.41, 5.74) is 6.77. The SMILES string of the molecule is CS(=O)(=O)N1CCc2c(c(-c3ccc(Cl)c(C#Cc4ccc(CN5CCCC5)cc4)c3)nn2CCCN2CCOCC2)C1. The summed E-state index contributed by atoms with van der Waals surface area (Å²) in [6.45, 7) is 9.40. The maximum Gasteiger partial charge on any atom is 0.211 e. The third-order valence-corrected chi connectivity index (χ3v) is 10.2. The Bertz CT molecular complexity index is 1600. The number of nitrogens with zero attached hydrogens (tertiary/aromatic N) is 5. The maximum absolute atomic E-state index is 12.5. The summed E-state index contributed by atoms with van der Waals surface area (Å²) in [6.07, 6.45) is 5.46. The monoisotopic (exact) mass is 621 g/mol. The molecule has 0 aliphatic carbocycles. The average Bonchev–Trinajstić information content (AvgIpc) is 3.65. The lowest BCUT2D eigenvalue weighted by Gasteiger charge is -2.27. The van der Waals surface area contributed by atoms with Crippen LogP contribution in [0.5, 0.6) is 0 Å². The highest BCUT2D eigenvalue weighted by atomic mass is 35.5. The van der Waals surface area contributed by atoms with Crippen LogP contribution in [0.3, 0.4) is 0 Å². The van der Waals surface area contributed by atoms with E-state index in [0.29, 0.717) is 24.5 Å². The van der Waals surface area contributed by atoms with Crippen LogP contribution < -0.4 is 0 Å². The van der Waals surface area contributed by atoms with E-state index >= 15 is 0 Å². The number of halogens is 1. The Balaban J connectivity index is 1.24. The molecule has 0 bridgehead atoms. The standard InChI is InChI=1S/C33H40ClN5O3S/c1-43(40,41)38-18-13-32-30(25-38)33(35-39(32)17-4-16-36-19-21-42-22-20-36)29-11-12-31(34)28(23-29)10-9-26-5-7-27(8-6-26)24-37-14-2-3-15-37/h5-8,11-12,23H,2-4,13-22,24-25H2,1H3. The van der Waals surface area contributed by atoms with Crippen LogP contribution in [0.1, 0.15) is 47.2 Å². The van der Waals surface area contributed by atoms with Gasteiger partial charge in [-0.1, -0.05) is 41.6 Å². The molecule has 43 heavy (non-hydrogen) atoms. The van der Waals surface area contributed by atoms with E-state index in [2.05, 4.69) is 50.6 Å². The summed E-state index contributed by atoms with van der Waals surface area (Å²) in [6, 6.07) is 14.3. The number of ether oxygens (including phenoxy) is 1. The molecule has 8 nitrogen and oxygen atoms in total. The molecule has 0 N–H and O–H groups in total. The number of benzene rings is 2. The Kier molecular flexibility index (Phi) is 9.53. The van der Waals surface area contributed by atoms with Crippen LogP contribution in [0.15, 0.2) is 42.5 Å². The fourth-order valence-electron chi connectivity index (χ4n) is 6.24. The minimum atomic E-state index is -3.32. The van der Waals surface area contributed by atoms with E-state index in [9.17, 15) is 8.42 Å². The fourth-order valence-corrected chi connectivity index (χ4v) is 7.19. The number of likely N-dealkylation sites (tertiary alicyclic amines) is 1. The first kappa shape index (κ1) is 30.3. The summed E-state index contributed by atoms with van der Waals surface area (Å²) < 4.78 is 34.1. The Morgan fingerprint density at radius 1 is 0.930 bits per heavy atom. The molecule has 228 valence electrons. The molecule has 2 fully saturated rings. The minimum absolute atomic E-state index is 0.320. The Labute approximate surface area is 260 Å². The van der Waals surface area contributed by atoms with Crippen molar-refractivity contribution in [2.75, 3.05) is 58.7 Å². The Hall–Kier alpha value is -2.71. The van der Waals surface area contributed by atoms with Crippen LogP contribution in [0.25, 0.3) is 11.3 Å². The van der Waals surface area contributed by atoms with Crippen molar-refractivity contribution in [3.05, 3.63) is 75.4 Å². The van der Waals surface area contributed by atoms with Gasteiger partial charge in [-0.15, -0.1) is 0 Å². The predicted molar refractivity (Wildman–Crippen MR) is 170 cm³/mol. The predicted octanol–water partition coefficient (Wildman–Crippen LogP) is 4.24. The summed E-state index contributed by atoms with van der Waals surface area (Å²) in [7, 11) is -3.32. The molecule has 2 saturated heterocycles. The summed E-state index contributed by atoms with van der Waals surface area (Å²) in [5.74, 6) is 6.55. The average molecular weight is 622 g/mol. The van der Waals surface area contributed by atoms with Crippen molar-refractivity contribution in [1.29, 1.82) is 0 Å². The first-order valence-corrected chi connectivity index (χ1v) is 17.5. The van der Waals surface area contributed by atoms with Crippen molar-refractivity contribution in [3.63, 3.8) is 0 Å². The molecule has 6 rings (SSSR count). The molecule has 2 aromatic carbocycles. The second-order valence-corrected chi connectivity index (χ2v) is 14.2. The van der Waals surface area contributed by atoms with E-state index in [4.69, 9.17) is 21.4 Å². The third kappa shape index (κ3) is 7.51. The molecule has 1 aromatic heterocycles. The van der Waals surface area contributed by atoms with Gasteiger partial charge < -0.3 is 4.74 Å². The summed E-state index contributed by atoms with van der Waals surface area (Å²) in [4.78, 5) is 4.92. The van der Waals surface area contributed by atoms with E-state index in [0.717, 1.165) is 86.0 Å². The van der Waals surface area contributed by atoms with Gasteiger partial charge in [0.15, 0.2) is 0 Å². The van der Waals surface area contributed by atoms with Crippen LogP contribution in [0, 0.1) is 11.8 Å². The zero-order valence-electron chi connectivity index (χ0n) is 24.9. The molecule has 0 saturated carbocycles.